The monoisotopic (exact) mass is 731 g/mol. The number of amides is 1. The van der Waals surface area contributed by atoms with Gasteiger partial charge >= 0.3 is 6.09 Å². The molecule has 1 amide bonds. The number of anilines is 1. The topological polar surface area (TPSA) is 81.4 Å². The molecule has 2 unspecified atom stereocenters. The van der Waals surface area contributed by atoms with Crippen LogP contribution in [0.2, 0.25) is 51.4 Å². The van der Waals surface area contributed by atoms with Crippen molar-refractivity contribution in [2.45, 2.75) is 122 Å². The number of carbonyl (C=O) groups is 1. The van der Waals surface area contributed by atoms with E-state index in [9.17, 15) is 4.79 Å². The summed E-state index contributed by atoms with van der Waals surface area (Å²) in [5, 5.41) is 4.67. The molecule has 1 aliphatic heterocycles. The molecule has 1 aliphatic rings. The van der Waals surface area contributed by atoms with Crippen LogP contribution in [0, 0.1) is 3.57 Å². The third kappa shape index (κ3) is 11.0. The number of rotatable bonds is 14. The van der Waals surface area contributed by atoms with Crippen LogP contribution >= 0.6 is 22.6 Å². The molecule has 3 rings (SSSR count). The predicted octanol–water partition coefficient (Wildman–Crippen LogP) is 7.49. The van der Waals surface area contributed by atoms with E-state index in [1.807, 2.05) is 36.4 Å². The molecule has 9 nitrogen and oxygen atoms in total. The maximum atomic E-state index is 13.0. The molecular weight excluding hydrogens is 677 g/mol. The fourth-order valence-corrected chi connectivity index (χ4v) is 6.90. The van der Waals surface area contributed by atoms with E-state index in [1.54, 1.807) is 0 Å². The van der Waals surface area contributed by atoms with Crippen LogP contribution < -0.4 is 4.90 Å². The zero-order valence-electron chi connectivity index (χ0n) is 27.6. The van der Waals surface area contributed by atoms with Gasteiger partial charge in [-0.3, -0.25) is 0 Å². The van der Waals surface area contributed by atoms with Crippen molar-refractivity contribution >= 4 is 56.3 Å². The van der Waals surface area contributed by atoms with Gasteiger partial charge in [-0.05, 0) is 88.1 Å². The molecule has 0 saturated carbocycles. The van der Waals surface area contributed by atoms with Crippen molar-refractivity contribution < 1.29 is 19.0 Å². The first-order valence-electron chi connectivity index (χ1n) is 15.4. The molecule has 0 aromatic carbocycles. The molecule has 2 aromatic rings. The van der Waals surface area contributed by atoms with Crippen LogP contribution in [0.1, 0.15) is 52.7 Å². The van der Waals surface area contributed by atoms with Crippen molar-refractivity contribution in [3.63, 3.8) is 0 Å². The summed E-state index contributed by atoms with van der Waals surface area (Å²) in [6.45, 7) is 24.4. The maximum Gasteiger partial charge on any atom is 0.410 e. The Hall–Kier alpha value is -1.23. The summed E-state index contributed by atoms with van der Waals surface area (Å²) in [4.78, 5) is 22.1. The molecule has 238 valence electrons. The summed E-state index contributed by atoms with van der Waals surface area (Å²) >= 11 is 2.30. The van der Waals surface area contributed by atoms with Gasteiger partial charge in [-0.15, -0.1) is 0 Å². The number of nitrogens with zero attached hydrogens (tertiary/aromatic N) is 5. The summed E-state index contributed by atoms with van der Waals surface area (Å²) in [6.07, 6.45) is 5.18. The zero-order valence-corrected chi connectivity index (χ0v) is 31.8. The molecule has 1 saturated heterocycles. The van der Waals surface area contributed by atoms with Crippen molar-refractivity contribution in [2.24, 2.45) is 0 Å². The van der Waals surface area contributed by atoms with Gasteiger partial charge in [-0.1, -0.05) is 39.3 Å². The third-order valence-electron chi connectivity index (χ3n) is 7.40. The maximum absolute atomic E-state index is 13.0. The van der Waals surface area contributed by atoms with E-state index >= 15 is 0 Å². The van der Waals surface area contributed by atoms with Crippen LogP contribution in [0.5, 0.6) is 0 Å². The summed E-state index contributed by atoms with van der Waals surface area (Å²) in [5.74, 6) is 0.919. The highest BCUT2D eigenvalue weighted by molar-refractivity contribution is 14.1. The van der Waals surface area contributed by atoms with E-state index < -0.39 is 21.7 Å². The number of hydrogen-bond donors (Lipinski definition) is 0. The lowest BCUT2D eigenvalue weighted by atomic mass is 10.1. The average molecular weight is 732 g/mol. The van der Waals surface area contributed by atoms with Gasteiger partial charge in [0.25, 0.3) is 0 Å². The Labute approximate surface area is 269 Å². The van der Waals surface area contributed by atoms with E-state index in [-0.39, 0.29) is 18.2 Å². The minimum atomic E-state index is -1.20. The molecule has 1 fully saturated rings. The highest BCUT2D eigenvalue weighted by atomic mass is 127. The van der Waals surface area contributed by atoms with Crippen LogP contribution in [0.25, 0.3) is 5.65 Å². The molecule has 42 heavy (non-hydrogen) atoms. The normalized spacial score (nSPS) is 18.2. The summed E-state index contributed by atoms with van der Waals surface area (Å²) in [7, 11) is -2.40. The van der Waals surface area contributed by atoms with Crippen LogP contribution in [-0.2, 0) is 20.6 Å². The Kier molecular flexibility index (Phi) is 12.3. The Morgan fingerprint density at radius 1 is 1.05 bits per heavy atom. The van der Waals surface area contributed by atoms with Crippen molar-refractivity contribution in [3.8, 4) is 0 Å². The number of likely N-dealkylation sites (tertiary alicyclic amines) is 1. The minimum absolute atomic E-state index is 0.131. The molecule has 3 heterocycles. The first-order valence-corrected chi connectivity index (χ1v) is 23.9. The van der Waals surface area contributed by atoms with Gasteiger partial charge in [0.05, 0.1) is 9.77 Å². The summed E-state index contributed by atoms with van der Waals surface area (Å²) in [5.41, 5.74) is 1.30. The second-order valence-corrected chi connectivity index (χ2v) is 27.5. The fourth-order valence-electron chi connectivity index (χ4n) is 4.91. The van der Waals surface area contributed by atoms with Gasteiger partial charge in [-0.2, -0.15) is 9.61 Å². The van der Waals surface area contributed by atoms with E-state index in [1.165, 1.54) is 0 Å². The Bertz CT molecular complexity index is 1150. The molecule has 2 aromatic heterocycles. The van der Waals surface area contributed by atoms with E-state index in [0.29, 0.717) is 13.5 Å². The Morgan fingerprint density at radius 3 is 2.19 bits per heavy atom. The van der Waals surface area contributed by atoms with Crippen LogP contribution in [0.15, 0.2) is 12.3 Å². The summed E-state index contributed by atoms with van der Waals surface area (Å²) in [6, 6.07) is 4.65. The van der Waals surface area contributed by atoms with Gasteiger partial charge in [0, 0.05) is 53.2 Å². The molecule has 0 spiro atoms. The molecule has 0 bridgehead atoms. The highest BCUT2D eigenvalue weighted by Crippen LogP contribution is 2.30. The van der Waals surface area contributed by atoms with Crippen molar-refractivity contribution in [2.75, 3.05) is 31.6 Å². The minimum Gasteiger partial charge on any atom is -0.444 e. The third-order valence-corrected chi connectivity index (χ3v) is 11.6. The first-order chi connectivity index (χ1) is 19.4. The quantitative estimate of drug-likeness (QED) is 0.0863. The average Bonchev–Trinajstić information content (AvgIpc) is 3.41. The first kappa shape index (κ1) is 35.3. The van der Waals surface area contributed by atoms with Crippen molar-refractivity contribution in [1.29, 1.82) is 0 Å². The van der Waals surface area contributed by atoms with Crippen molar-refractivity contribution in [3.05, 3.63) is 21.5 Å². The van der Waals surface area contributed by atoms with Gasteiger partial charge in [-0.25, -0.2) is 9.78 Å². The number of carbonyl (C=O) groups excluding carboxylic acids is 1. The highest BCUT2D eigenvalue weighted by Gasteiger charge is 2.36. The molecule has 12 heteroatoms. The number of hydrogen-bond acceptors (Lipinski definition) is 7. The molecule has 0 radical (unpaired) electrons. The molecule has 2 atom stereocenters. The van der Waals surface area contributed by atoms with Gasteiger partial charge in [0.1, 0.15) is 24.9 Å². The lowest BCUT2D eigenvalue weighted by Gasteiger charge is -2.31. The Balaban J connectivity index is 1.81. The van der Waals surface area contributed by atoms with Crippen LogP contribution in [0.3, 0.4) is 0 Å². The Morgan fingerprint density at radius 2 is 1.64 bits per heavy atom. The number of aromatic nitrogens is 3. The van der Waals surface area contributed by atoms with Gasteiger partial charge in [0.15, 0.2) is 5.65 Å². The largest absolute Gasteiger partial charge is 0.444 e. The predicted molar refractivity (Wildman–Crippen MR) is 185 cm³/mol. The number of aryl methyl sites for hydroxylation is 1. The van der Waals surface area contributed by atoms with Crippen molar-refractivity contribution in [1.82, 2.24) is 19.5 Å². The molecule has 0 aliphatic carbocycles. The number of halogens is 1. The lowest BCUT2D eigenvalue weighted by Crippen LogP contribution is -2.43. The van der Waals surface area contributed by atoms with E-state index in [4.69, 9.17) is 19.2 Å². The SMILES string of the molecule is CC1CCC(CCc2cc(N(COCC[Si](C)(C)C)COCC[Si](C)(C)C)n3ncc(I)c3n2)N1C(=O)OC(C)(C)C. The van der Waals surface area contributed by atoms with E-state index in [2.05, 4.69) is 84.9 Å². The lowest BCUT2D eigenvalue weighted by molar-refractivity contribution is 0.0154. The standard InChI is InChI=1S/C30H54IN5O4Si2/c1-23-11-13-25(35(23)29(37)40-30(2,3)4)14-12-24-19-27(36-28(33-24)26(31)20-32-36)34(21-38-15-17-41(5,6)7)22-39-16-18-42(8,9)10/h19-20,23,25H,11-18,21-22H2,1-10H3. The second-order valence-electron chi connectivity index (χ2n) is 15.1. The molecular formula is C30H54IN5O4Si2. The van der Waals surface area contributed by atoms with Crippen LogP contribution in [-0.4, -0.2) is 86.1 Å². The zero-order chi connectivity index (χ0) is 31.3. The summed E-state index contributed by atoms with van der Waals surface area (Å²) < 4.78 is 21.1. The molecule has 0 N–H and O–H groups in total. The van der Waals surface area contributed by atoms with Gasteiger partial charge in [0.2, 0.25) is 0 Å². The second kappa shape index (κ2) is 14.7. The smallest absolute Gasteiger partial charge is 0.410 e. The van der Waals surface area contributed by atoms with Crippen LogP contribution in [0.4, 0.5) is 10.6 Å². The number of fused-ring (bicyclic) bond motifs is 1. The number of ether oxygens (including phenoxy) is 3. The van der Waals surface area contributed by atoms with Gasteiger partial charge < -0.3 is 24.0 Å². The fraction of sp³-hybridized carbons (Fsp3) is 0.767. The van der Waals surface area contributed by atoms with E-state index in [0.717, 1.165) is 71.7 Å².